The summed E-state index contributed by atoms with van der Waals surface area (Å²) in [6.45, 7) is 0. The zero-order valence-corrected chi connectivity index (χ0v) is 8.08. The van der Waals surface area contributed by atoms with Crippen LogP contribution in [0.15, 0.2) is 18.2 Å². The minimum absolute atomic E-state index is 0.183. The molecule has 72 valence electrons. The van der Waals surface area contributed by atoms with E-state index in [9.17, 15) is 0 Å². The summed E-state index contributed by atoms with van der Waals surface area (Å²) >= 11 is 0. The Hall–Kier alpha value is -1.53. The van der Waals surface area contributed by atoms with Crippen LogP contribution < -0.4 is 10.5 Å². The molecule has 0 radical (unpaired) electrons. The first-order valence-electron chi connectivity index (χ1n) is 4.57. The highest BCUT2D eigenvalue weighted by molar-refractivity contribution is 5.48. The van der Waals surface area contributed by atoms with Crippen molar-refractivity contribution in [2.75, 3.05) is 7.11 Å². The molecule has 1 aromatic carbocycles. The van der Waals surface area contributed by atoms with Crippen molar-refractivity contribution in [1.29, 1.82) is 5.26 Å². The maximum Gasteiger partial charge on any atom is 0.136 e. The second kappa shape index (κ2) is 3.00. The normalized spacial score (nSPS) is 17.2. The lowest BCUT2D eigenvalue weighted by Gasteiger charge is -2.10. The average Bonchev–Trinajstić information content (AvgIpc) is 2.97. The number of benzene rings is 1. The minimum atomic E-state index is -0.183. The summed E-state index contributed by atoms with van der Waals surface area (Å²) in [5, 5.41) is 8.89. The van der Waals surface area contributed by atoms with Crippen molar-refractivity contribution in [3.63, 3.8) is 0 Å². The highest BCUT2D eigenvalue weighted by Gasteiger charge is 2.40. The Kier molecular flexibility index (Phi) is 1.94. The van der Waals surface area contributed by atoms with Gasteiger partial charge >= 0.3 is 0 Å². The van der Waals surface area contributed by atoms with Crippen LogP contribution in [0, 0.1) is 11.3 Å². The minimum Gasteiger partial charge on any atom is -0.495 e. The van der Waals surface area contributed by atoms with Crippen molar-refractivity contribution in [3.8, 4) is 11.8 Å². The maximum absolute atomic E-state index is 8.89. The molecule has 3 nitrogen and oxygen atoms in total. The van der Waals surface area contributed by atoms with Crippen molar-refractivity contribution in [1.82, 2.24) is 0 Å². The summed E-state index contributed by atoms with van der Waals surface area (Å²) in [7, 11) is 1.56. The van der Waals surface area contributed by atoms with Crippen LogP contribution in [0.1, 0.15) is 24.0 Å². The molecule has 1 aliphatic rings. The number of methoxy groups -OCH3 is 1. The Morgan fingerprint density at radius 2 is 2.21 bits per heavy atom. The van der Waals surface area contributed by atoms with Crippen molar-refractivity contribution in [3.05, 3.63) is 29.3 Å². The van der Waals surface area contributed by atoms with E-state index in [1.165, 1.54) is 0 Å². The van der Waals surface area contributed by atoms with Crippen LogP contribution in [-0.4, -0.2) is 7.11 Å². The molecule has 0 unspecified atom stereocenters. The monoisotopic (exact) mass is 188 g/mol. The van der Waals surface area contributed by atoms with E-state index in [1.54, 1.807) is 13.2 Å². The quantitative estimate of drug-likeness (QED) is 0.765. The maximum atomic E-state index is 8.89. The van der Waals surface area contributed by atoms with Gasteiger partial charge in [0, 0.05) is 5.54 Å². The number of nitrogens with two attached hydrogens (primary N) is 1. The molecule has 0 atom stereocenters. The lowest BCUT2D eigenvalue weighted by atomic mass is 10.0. The average molecular weight is 188 g/mol. The summed E-state index contributed by atoms with van der Waals surface area (Å²) in [5.74, 6) is 0.612. The molecular weight excluding hydrogens is 176 g/mol. The van der Waals surface area contributed by atoms with Crippen LogP contribution in [0.4, 0.5) is 0 Å². The summed E-state index contributed by atoms with van der Waals surface area (Å²) < 4.78 is 5.06. The Balaban J connectivity index is 2.43. The van der Waals surface area contributed by atoms with E-state index in [-0.39, 0.29) is 5.54 Å². The third-order valence-electron chi connectivity index (χ3n) is 2.68. The molecule has 0 aliphatic heterocycles. The predicted octanol–water partition coefficient (Wildman–Crippen LogP) is 1.51. The highest BCUT2D eigenvalue weighted by atomic mass is 16.5. The Morgan fingerprint density at radius 3 is 2.71 bits per heavy atom. The molecule has 1 fully saturated rings. The number of rotatable bonds is 2. The summed E-state index contributed by atoms with van der Waals surface area (Å²) in [4.78, 5) is 0. The second-order valence-electron chi connectivity index (χ2n) is 3.68. The zero-order chi connectivity index (χ0) is 10.2. The van der Waals surface area contributed by atoms with Crippen molar-refractivity contribution in [2.24, 2.45) is 5.73 Å². The first-order valence-corrected chi connectivity index (χ1v) is 4.57. The Morgan fingerprint density at radius 1 is 1.50 bits per heavy atom. The van der Waals surface area contributed by atoms with Gasteiger partial charge < -0.3 is 10.5 Å². The molecule has 1 aliphatic carbocycles. The molecule has 14 heavy (non-hydrogen) atoms. The highest BCUT2D eigenvalue weighted by Crippen LogP contribution is 2.43. The van der Waals surface area contributed by atoms with Gasteiger partial charge in [-0.3, -0.25) is 0 Å². The van der Waals surface area contributed by atoms with Crippen molar-refractivity contribution < 1.29 is 4.74 Å². The molecule has 0 amide bonds. The van der Waals surface area contributed by atoms with Gasteiger partial charge in [-0.1, -0.05) is 6.07 Å². The SMILES string of the molecule is COc1ccc(C2(N)CC2)cc1C#N. The molecule has 1 aromatic rings. The van der Waals surface area contributed by atoms with Gasteiger partial charge in [0.15, 0.2) is 0 Å². The third kappa shape index (κ3) is 1.34. The van der Waals surface area contributed by atoms with E-state index < -0.39 is 0 Å². The van der Waals surface area contributed by atoms with Crippen LogP contribution >= 0.6 is 0 Å². The van der Waals surface area contributed by atoms with Gasteiger partial charge in [-0.15, -0.1) is 0 Å². The van der Waals surface area contributed by atoms with Gasteiger partial charge in [-0.2, -0.15) is 5.26 Å². The van der Waals surface area contributed by atoms with Crippen LogP contribution in [-0.2, 0) is 5.54 Å². The lowest BCUT2D eigenvalue weighted by molar-refractivity contribution is 0.413. The topological polar surface area (TPSA) is 59.0 Å². The number of ether oxygens (including phenoxy) is 1. The molecule has 0 heterocycles. The number of hydrogen-bond acceptors (Lipinski definition) is 3. The molecule has 0 bridgehead atoms. The van der Waals surface area contributed by atoms with E-state index in [0.717, 1.165) is 18.4 Å². The van der Waals surface area contributed by atoms with Gasteiger partial charge in [0.2, 0.25) is 0 Å². The van der Waals surface area contributed by atoms with Crippen LogP contribution in [0.2, 0.25) is 0 Å². The summed E-state index contributed by atoms with van der Waals surface area (Å²) in [5.41, 5.74) is 7.44. The van der Waals surface area contributed by atoms with E-state index in [4.69, 9.17) is 15.7 Å². The largest absolute Gasteiger partial charge is 0.495 e. The van der Waals surface area contributed by atoms with E-state index >= 15 is 0 Å². The Bertz CT molecular complexity index is 402. The fraction of sp³-hybridized carbons (Fsp3) is 0.364. The van der Waals surface area contributed by atoms with Crippen LogP contribution in [0.3, 0.4) is 0 Å². The number of nitrogens with zero attached hydrogens (tertiary/aromatic N) is 1. The molecule has 0 saturated heterocycles. The van der Waals surface area contributed by atoms with Crippen LogP contribution in [0.5, 0.6) is 5.75 Å². The molecule has 1 saturated carbocycles. The zero-order valence-electron chi connectivity index (χ0n) is 8.08. The molecular formula is C11H12N2O. The van der Waals surface area contributed by atoms with Gasteiger partial charge in [0.05, 0.1) is 12.7 Å². The Labute approximate surface area is 83.1 Å². The number of hydrogen-bond donors (Lipinski definition) is 1. The van der Waals surface area contributed by atoms with Gasteiger partial charge in [0.1, 0.15) is 11.8 Å². The molecule has 2 rings (SSSR count). The van der Waals surface area contributed by atoms with Crippen molar-refractivity contribution in [2.45, 2.75) is 18.4 Å². The predicted molar refractivity (Wildman–Crippen MR) is 52.8 cm³/mol. The van der Waals surface area contributed by atoms with Crippen molar-refractivity contribution >= 4 is 0 Å². The van der Waals surface area contributed by atoms with E-state index in [2.05, 4.69) is 6.07 Å². The smallest absolute Gasteiger partial charge is 0.136 e. The van der Waals surface area contributed by atoms with E-state index in [1.807, 2.05) is 12.1 Å². The fourth-order valence-corrected chi connectivity index (χ4v) is 1.53. The fourth-order valence-electron chi connectivity index (χ4n) is 1.53. The number of nitriles is 1. The second-order valence-corrected chi connectivity index (χ2v) is 3.68. The summed E-state index contributed by atoms with van der Waals surface area (Å²) in [6, 6.07) is 7.67. The first-order chi connectivity index (χ1) is 6.69. The molecule has 2 N–H and O–H groups in total. The third-order valence-corrected chi connectivity index (χ3v) is 2.68. The van der Waals surface area contributed by atoms with Crippen LogP contribution in [0.25, 0.3) is 0 Å². The lowest BCUT2D eigenvalue weighted by Crippen LogP contribution is -2.18. The first kappa shape index (κ1) is 9.04. The molecule has 0 spiro atoms. The van der Waals surface area contributed by atoms with Gasteiger partial charge in [-0.25, -0.2) is 0 Å². The summed E-state index contributed by atoms with van der Waals surface area (Å²) in [6.07, 6.45) is 2.01. The molecule has 0 aromatic heterocycles. The van der Waals surface area contributed by atoms with Gasteiger partial charge in [0.25, 0.3) is 0 Å². The molecule has 3 heteroatoms. The van der Waals surface area contributed by atoms with Gasteiger partial charge in [-0.05, 0) is 30.5 Å². The standard InChI is InChI=1S/C11H12N2O/c1-14-10-3-2-9(6-8(10)7-12)11(13)4-5-11/h2-3,6H,4-5,13H2,1H3. The van der Waals surface area contributed by atoms with E-state index in [0.29, 0.717) is 11.3 Å².